The molecule has 2 heterocycles. The van der Waals surface area contributed by atoms with E-state index in [1.807, 2.05) is 29.2 Å². The number of hydrogen-bond donors (Lipinski definition) is 3. The standard InChI is InChI=1S/C23H27ClN4O2/c24-20-7-3-4-8-21(20)25-22(29)16-26-11-13-27(14-12-26)17-23(30)28-10-9-18-5-1-2-6-19(18)15-28/h1-8H,9-17H2,(H,25,29)/p+2. The van der Waals surface area contributed by atoms with Crippen LogP contribution in [0.4, 0.5) is 5.69 Å². The molecule has 2 aliphatic heterocycles. The van der Waals surface area contributed by atoms with E-state index in [0.29, 0.717) is 23.8 Å². The molecule has 2 aromatic rings. The second-order valence-corrected chi connectivity index (χ2v) is 8.62. The number of halogens is 1. The maximum absolute atomic E-state index is 12.8. The Kier molecular flexibility index (Phi) is 6.67. The minimum Gasteiger partial charge on any atom is -0.333 e. The van der Waals surface area contributed by atoms with Crippen LogP contribution in [0.2, 0.25) is 5.02 Å². The first-order valence-electron chi connectivity index (χ1n) is 10.6. The van der Waals surface area contributed by atoms with Crippen LogP contribution < -0.4 is 15.1 Å². The monoisotopic (exact) mass is 428 g/mol. The van der Waals surface area contributed by atoms with Crippen LogP contribution >= 0.6 is 11.6 Å². The summed E-state index contributed by atoms with van der Waals surface area (Å²) >= 11 is 6.11. The van der Waals surface area contributed by atoms with Gasteiger partial charge in [-0.25, -0.2) is 0 Å². The van der Waals surface area contributed by atoms with E-state index < -0.39 is 0 Å². The number of amides is 2. The first-order chi connectivity index (χ1) is 14.6. The number of carbonyl (C=O) groups is 2. The number of para-hydroxylation sites is 1. The van der Waals surface area contributed by atoms with E-state index in [4.69, 9.17) is 11.6 Å². The molecule has 158 valence electrons. The Morgan fingerprint density at radius 1 is 0.900 bits per heavy atom. The van der Waals surface area contributed by atoms with Crippen molar-refractivity contribution in [1.29, 1.82) is 0 Å². The molecule has 2 aliphatic rings. The minimum atomic E-state index is -0.0235. The Hall–Kier alpha value is -2.41. The van der Waals surface area contributed by atoms with E-state index in [0.717, 1.165) is 45.7 Å². The third-order valence-electron chi connectivity index (χ3n) is 6.11. The number of carbonyl (C=O) groups excluding carboxylic acids is 2. The number of rotatable bonds is 5. The fourth-order valence-electron chi connectivity index (χ4n) is 4.33. The van der Waals surface area contributed by atoms with Crippen LogP contribution in [0.25, 0.3) is 0 Å². The molecular weight excluding hydrogens is 400 g/mol. The zero-order valence-corrected chi connectivity index (χ0v) is 17.9. The van der Waals surface area contributed by atoms with Crippen LogP contribution in [0.15, 0.2) is 48.5 Å². The molecule has 4 rings (SSSR count). The number of nitrogens with one attached hydrogen (secondary N) is 3. The van der Waals surface area contributed by atoms with Gasteiger partial charge in [0.1, 0.15) is 26.2 Å². The number of piperazine rings is 1. The fraction of sp³-hybridized carbons (Fsp3) is 0.391. The average molecular weight is 429 g/mol. The lowest BCUT2D eigenvalue weighted by molar-refractivity contribution is -1.00. The van der Waals surface area contributed by atoms with Crippen molar-refractivity contribution < 1.29 is 19.4 Å². The number of hydrogen-bond acceptors (Lipinski definition) is 2. The maximum Gasteiger partial charge on any atom is 0.279 e. The fourth-order valence-corrected chi connectivity index (χ4v) is 4.51. The second-order valence-electron chi connectivity index (χ2n) is 8.22. The Morgan fingerprint density at radius 2 is 1.53 bits per heavy atom. The molecule has 7 heteroatoms. The molecule has 2 amide bonds. The highest BCUT2D eigenvalue weighted by molar-refractivity contribution is 6.33. The number of benzene rings is 2. The van der Waals surface area contributed by atoms with Gasteiger partial charge in [-0.1, -0.05) is 48.0 Å². The molecule has 0 atom stereocenters. The predicted octanol–water partition coefficient (Wildman–Crippen LogP) is -0.353. The summed E-state index contributed by atoms with van der Waals surface area (Å²) in [5, 5.41) is 3.44. The van der Waals surface area contributed by atoms with Gasteiger partial charge in [-0.2, -0.15) is 0 Å². The van der Waals surface area contributed by atoms with Crippen molar-refractivity contribution in [2.75, 3.05) is 51.1 Å². The van der Waals surface area contributed by atoms with Gasteiger partial charge in [-0.05, 0) is 29.7 Å². The largest absolute Gasteiger partial charge is 0.333 e. The number of quaternary nitrogens is 2. The van der Waals surface area contributed by atoms with Gasteiger partial charge in [0.25, 0.3) is 11.8 Å². The topological polar surface area (TPSA) is 58.3 Å². The molecule has 3 N–H and O–H groups in total. The Bertz CT molecular complexity index is 912. The normalized spacial score (nSPS) is 21.0. The van der Waals surface area contributed by atoms with E-state index in [9.17, 15) is 9.59 Å². The molecule has 0 radical (unpaired) electrons. The van der Waals surface area contributed by atoms with Crippen LogP contribution in [0.1, 0.15) is 11.1 Å². The van der Waals surface area contributed by atoms with Gasteiger partial charge < -0.3 is 20.0 Å². The molecule has 0 saturated carbocycles. The third-order valence-corrected chi connectivity index (χ3v) is 6.44. The lowest BCUT2D eigenvalue weighted by atomic mass is 10.00. The molecule has 0 unspecified atom stereocenters. The van der Waals surface area contributed by atoms with Crippen LogP contribution in [-0.2, 0) is 22.6 Å². The van der Waals surface area contributed by atoms with Gasteiger partial charge in [-0.3, -0.25) is 9.59 Å². The highest BCUT2D eigenvalue weighted by Gasteiger charge is 2.29. The maximum atomic E-state index is 12.8. The smallest absolute Gasteiger partial charge is 0.279 e. The van der Waals surface area contributed by atoms with E-state index in [-0.39, 0.29) is 11.8 Å². The summed E-state index contributed by atoms with van der Waals surface area (Å²) in [5.41, 5.74) is 3.29. The first kappa shape index (κ1) is 20.8. The average Bonchev–Trinajstić information content (AvgIpc) is 2.76. The van der Waals surface area contributed by atoms with Crippen LogP contribution in [0.5, 0.6) is 0 Å². The van der Waals surface area contributed by atoms with E-state index >= 15 is 0 Å². The van der Waals surface area contributed by atoms with Crippen molar-refractivity contribution in [2.24, 2.45) is 0 Å². The van der Waals surface area contributed by atoms with Crippen LogP contribution in [0, 0.1) is 0 Å². The first-order valence-corrected chi connectivity index (χ1v) is 11.0. The highest BCUT2D eigenvalue weighted by atomic mass is 35.5. The molecule has 0 aromatic heterocycles. The third kappa shape index (κ3) is 5.19. The summed E-state index contributed by atoms with van der Waals surface area (Å²) in [6.45, 7) is 6.10. The molecule has 1 saturated heterocycles. The number of anilines is 1. The van der Waals surface area contributed by atoms with Gasteiger partial charge in [0.05, 0.1) is 10.7 Å². The molecule has 0 bridgehead atoms. The molecule has 1 fully saturated rings. The Labute approximate surface area is 182 Å². The molecule has 0 spiro atoms. The van der Waals surface area contributed by atoms with Crippen molar-refractivity contribution in [3.8, 4) is 0 Å². The van der Waals surface area contributed by atoms with Gasteiger partial charge >= 0.3 is 0 Å². The molecule has 6 nitrogen and oxygen atoms in total. The summed E-state index contributed by atoms with van der Waals surface area (Å²) in [6, 6.07) is 15.7. The zero-order chi connectivity index (χ0) is 20.9. The minimum absolute atomic E-state index is 0.0235. The summed E-state index contributed by atoms with van der Waals surface area (Å²) in [4.78, 5) is 29.7. The van der Waals surface area contributed by atoms with Crippen molar-refractivity contribution in [2.45, 2.75) is 13.0 Å². The van der Waals surface area contributed by atoms with Crippen LogP contribution in [0.3, 0.4) is 0 Å². The van der Waals surface area contributed by atoms with Gasteiger partial charge in [0.2, 0.25) is 0 Å². The van der Waals surface area contributed by atoms with Crippen molar-refractivity contribution >= 4 is 29.1 Å². The van der Waals surface area contributed by atoms with E-state index in [1.165, 1.54) is 20.9 Å². The second kappa shape index (κ2) is 9.60. The summed E-state index contributed by atoms with van der Waals surface area (Å²) in [6.07, 6.45) is 0.940. The predicted molar refractivity (Wildman–Crippen MR) is 117 cm³/mol. The lowest BCUT2D eigenvalue weighted by Gasteiger charge is -2.32. The Morgan fingerprint density at radius 3 is 2.27 bits per heavy atom. The van der Waals surface area contributed by atoms with Crippen LogP contribution in [-0.4, -0.2) is 62.5 Å². The summed E-state index contributed by atoms with van der Waals surface area (Å²) < 4.78 is 0. The zero-order valence-electron chi connectivity index (χ0n) is 17.1. The Balaban J connectivity index is 1.21. The van der Waals surface area contributed by atoms with Gasteiger partial charge in [-0.15, -0.1) is 0 Å². The highest BCUT2D eigenvalue weighted by Crippen LogP contribution is 2.20. The molecular formula is C23H29ClN4O2+2. The van der Waals surface area contributed by atoms with Gasteiger partial charge in [0.15, 0.2) is 13.1 Å². The molecule has 0 aliphatic carbocycles. The number of fused-ring (bicyclic) bond motifs is 1. The molecule has 2 aromatic carbocycles. The number of nitrogens with zero attached hydrogens (tertiary/aromatic N) is 1. The summed E-state index contributed by atoms with van der Waals surface area (Å²) in [5.74, 6) is 0.212. The van der Waals surface area contributed by atoms with Crippen molar-refractivity contribution in [3.05, 3.63) is 64.7 Å². The van der Waals surface area contributed by atoms with E-state index in [1.54, 1.807) is 6.07 Å². The lowest BCUT2D eigenvalue weighted by Crippen LogP contribution is -3.28. The van der Waals surface area contributed by atoms with E-state index in [2.05, 4.69) is 23.5 Å². The quantitative estimate of drug-likeness (QED) is 0.609. The molecule has 30 heavy (non-hydrogen) atoms. The van der Waals surface area contributed by atoms with Gasteiger partial charge in [0, 0.05) is 13.1 Å². The van der Waals surface area contributed by atoms with Crippen molar-refractivity contribution in [1.82, 2.24) is 4.90 Å². The van der Waals surface area contributed by atoms with Crippen molar-refractivity contribution in [3.63, 3.8) is 0 Å². The SMILES string of the molecule is O=C(C[NH+]1CC[NH+](CC(=O)N2CCc3ccccc3C2)CC1)Nc1ccccc1Cl. The summed E-state index contributed by atoms with van der Waals surface area (Å²) in [7, 11) is 0.